The lowest BCUT2D eigenvalue weighted by Crippen LogP contribution is -2.56. The van der Waals surface area contributed by atoms with Crippen LogP contribution in [-0.2, 0) is 16.1 Å². The first-order valence-electron chi connectivity index (χ1n) is 12.9. The van der Waals surface area contributed by atoms with Gasteiger partial charge in [0.15, 0.2) is 5.78 Å². The van der Waals surface area contributed by atoms with Crippen molar-refractivity contribution in [2.24, 2.45) is 46.3 Å². The molecule has 0 aromatic carbocycles. The number of ketones is 1. The lowest BCUT2D eigenvalue weighted by Gasteiger charge is -2.61. The van der Waals surface area contributed by atoms with Crippen LogP contribution in [0.1, 0.15) is 77.3 Å². The van der Waals surface area contributed by atoms with Crippen LogP contribution in [0.5, 0.6) is 0 Å². The zero-order chi connectivity index (χ0) is 21.8. The van der Waals surface area contributed by atoms with Gasteiger partial charge in [-0.05, 0) is 98.7 Å². The fourth-order valence-electron chi connectivity index (χ4n) is 9.19. The minimum Gasteiger partial charge on any atom is -0.384 e. The topological polar surface area (TPSA) is 44.1 Å². The summed E-state index contributed by atoms with van der Waals surface area (Å²) >= 11 is 0. The van der Waals surface area contributed by atoms with Crippen LogP contribution in [0.2, 0.25) is 0 Å². The van der Waals surface area contributed by atoms with E-state index in [-0.39, 0.29) is 11.3 Å². The molecule has 1 aromatic heterocycles. The molecule has 4 aliphatic carbocycles. The first-order valence-corrected chi connectivity index (χ1v) is 12.9. The maximum absolute atomic E-state index is 13.4. The van der Waals surface area contributed by atoms with Gasteiger partial charge in [0.2, 0.25) is 0 Å². The number of aryl methyl sites for hydroxylation is 1. The Morgan fingerprint density at radius 3 is 2.74 bits per heavy atom. The zero-order valence-electron chi connectivity index (χ0n) is 20.1. The average Bonchev–Trinajstić information content (AvgIpc) is 3.30. The summed E-state index contributed by atoms with van der Waals surface area (Å²) in [5, 5.41) is 0. The third kappa shape index (κ3) is 3.43. The number of aromatic nitrogens is 2. The van der Waals surface area contributed by atoms with Crippen molar-refractivity contribution >= 4 is 5.78 Å². The van der Waals surface area contributed by atoms with Crippen molar-refractivity contribution in [3.8, 4) is 0 Å². The van der Waals surface area contributed by atoms with E-state index in [1.165, 1.54) is 51.4 Å². The highest BCUT2D eigenvalue weighted by Crippen LogP contribution is 2.68. The number of rotatable bonds is 5. The zero-order valence-corrected chi connectivity index (χ0v) is 20.1. The van der Waals surface area contributed by atoms with Gasteiger partial charge in [0.1, 0.15) is 0 Å². The number of fused-ring (bicyclic) bond motifs is 5. The lowest BCUT2D eigenvalue weighted by molar-refractivity contribution is -0.154. The van der Waals surface area contributed by atoms with Crippen molar-refractivity contribution in [2.45, 2.75) is 85.1 Å². The molecule has 0 N–H and O–H groups in total. The summed E-state index contributed by atoms with van der Waals surface area (Å²) in [5.41, 5.74) is 1.59. The molecule has 4 nitrogen and oxygen atoms in total. The van der Waals surface area contributed by atoms with E-state index in [0.717, 1.165) is 48.3 Å². The second-order valence-electron chi connectivity index (χ2n) is 12.0. The SMILES string of the molecule is COCC12CCC(C)CC1CCC1C2CCC2(C)C1CC[C@@H]2C(=O)Cn1cnc(C)c1. The second kappa shape index (κ2) is 8.01. The molecule has 7 unspecified atom stereocenters. The molecule has 4 fully saturated rings. The van der Waals surface area contributed by atoms with Gasteiger partial charge in [-0.25, -0.2) is 4.98 Å². The minimum atomic E-state index is 0.191. The maximum Gasteiger partial charge on any atom is 0.156 e. The molecule has 4 aliphatic rings. The predicted octanol–water partition coefficient (Wildman–Crippen LogP) is 5.68. The average molecular weight is 427 g/mol. The smallest absolute Gasteiger partial charge is 0.156 e. The third-order valence-electron chi connectivity index (χ3n) is 10.5. The van der Waals surface area contributed by atoms with Crippen LogP contribution in [0.4, 0.5) is 0 Å². The molecule has 1 heterocycles. The normalized spacial score (nSPS) is 44.4. The van der Waals surface area contributed by atoms with Gasteiger partial charge >= 0.3 is 0 Å². The van der Waals surface area contributed by atoms with Gasteiger partial charge in [-0.3, -0.25) is 4.79 Å². The van der Waals surface area contributed by atoms with Crippen LogP contribution >= 0.6 is 0 Å². The summed E-state index contributed by atoms with van der Waals surface area (Å²) in [6.07, 6.45) is 15.6. The molecule has 31 heavy (non-hydrogen) atoms. The summed E-state index contributed by atoms with van der Waals surface area (Å²) in [5.74, 6) is 4.72. The monoisotopic (exact) mass is 426 g/mol. The molecule has 0 saturated heterocycles. The number of hydrogen-bond acceptors (Lipinski definition) is 3. The number of hydrogen-bond donors (Lipinski definition) is 0. The molecule has 0 spiro atoms. The summed E-state index contributed by atoms with van der Waals surface area (Å²) in [7, 11) is 1.92. The van der Waals surface area contributed by atoms with Gasteiger partial charge in [-0.2, -0.15) is 0 Å². The van der Waals surface area contributed by atoms with Crippen LogP contribution in [-0.4, -0.2) is 29.1 Å². The van der Waals surface area contributed by atoms with E-state index in [1.807, 2.05) is 31.1 Å². The molecule has 0 radical (unpaired) electrons. The molecule has 5 rings (SSSR count). The Bertz CT molecular complexity index is 818. The second-order valence-corrected chi connectivity index (χ2v) is 12.0. The van der Waals surface area contributed by atoms with E-state index in [9.17, 15) is 4.79 Å². The third-order valence-corrected chi connectivity index (χ3v) is 10.5. The molecule has 8 atom stereocenters. The van der Waals surface area contributed by atoms with Crippen molar-refractivity contribution in [2.75, 3.05) is 13.7 Å². The Hall–Kier alpha value is -1.16. The Morgan fingerprint density at radius 1 is 1.16 bits per heavy atom. The maximum atomic E-state index is 13.4. The van der Waals surface area contributed by atoms with Crippen molar-refractivity contribution < 1.29 is 9.53 Å². The molecule has 0 bridgehead atoms. The van der Waals surface area contributed by atoms with Crippen molar-refractivity contribution in [3.05, 3.63) is 18.2 Å². The van der Waals surface area contributed by atoms with E-state index in [2.05, 4.69) is 18.8 Å². The van der Waals surface area contributed by atoms with Gasteiger partial charge in [0, 0.05) is 19.2 Å². The summed E-state index contributed by atoms with van der Waals surface area (Å²) in [6.45, 7) is 8.37. The number of methoxy groups -OCH3 is 1. The predicted molar refractivity (Wildman–Crippen MR) is 123 cm³/mol. The number of imidazole rings is 1. The highest BCUT2D eigenvalue weighted by molar-refractivity contribution is 5.82. The number of carbonyl (C=O) groups excluding carboxylic acids is 1. The quantitative estimate of drug-likeness (QED) is 0.608. The lowest BCUT2D eigenvalue weighted by atomic mass is 9.44. The Labute approximate surface area is 188 Å². The van der Waals surface area contributed by atoms with E-state index in [1.54, 1.807) is 0 Å². The molecule has 4 saturated carbocycles. The van der Waals surface area contributed by atoms with Crippen LogP contribution < -0.4 is 0 Å². The summed E-state index contributed by atoms with van der Waals surface area (Å²) in [4.78, 5) is 17.7. The first-order chi connectivity index (χ1) is 14.9. The molecule has 0 amide bonds. The largest absolute Gasteiger partial charge is 0.384 e. The summed E-state index contributed by atoms with van der Waals surface area (Å²) in [6, 6.07) is 0. The van der Waals surface area contributed by atoms with Crippen LogP contribution in [0.15, 0.2) is 12.5 Å². The van der Waals surface area contributed by atoms with Crippen molar-refractivity contribution in [1.82, 2.24) is 9.55 Å². The van der Waals surface area contributed by atoms with Gasteiger partial charge in [0.05, 0.1) is 25.2 Å². The van der Waals surface area contributed by atoms with E-state index in [4.69, 9.17) is 4.74 Å². The van der Waals surface area contributed by atoms with Gasteiger partial charge < -0.3 is 9.30 Å². The fourth-order valence-corrected chi connectivity index (χ4v) is 9.19. The number of nitrogens with zero attached hydrogens (tertiary/aromatic N) is 2. The van der Waals surface area contributed by atoms with Crippen molar-refractivity contribution in [1.29, 1.82) is 0 Å². The van der Waals surface area contributed by atoms with Gasteiger partial charge in [-0.1, -0.05) is 20.3 Å². The van der Waals surface area contributed by atoms with E-state index < -0.39 is 0 Å². The Balaban J connectivity index is 1.37. The molecule has 172 valence electrons. The van der Waals surface area contributed by atoms with E-state index >= 15 is 0 Å². The van der Waals surface area contributed by atoms with Gasteiger partial charge in [-0.15, -0.1) is 0 Å². The van der Waals surface area contributed by atoms with Crippen LogP contribution in [0, 0.1) is 53.3 Å². The minimum absolute atomic E-state index is 0.191. The molecular formula is C27H42N2O2. The molecule has 0 aliphatic heterocycles. The van der Waals surface area contributed by atoms with Gasteiger partial charge in [0.25, 0.3) is 0 Å². The van der Waals surface area contributed by atoms with E-state index in [0.29, 0.717) is 17.7 Å². The number of ether oxygens (including phenoxy) is 1. The standard InChI is InChI=1S/C27H42N2O2/c1-18-9-12-27(16-31-4)20(13-18)5-6-21-22-7-8-24(26(22,3)11-10-23(21)27)25(30)15-29-14-19(2)28-17-29/h14,17-18,20-24H,5-13,15-16H2,1-4H3/t18?,20?,21?,22?,23?,24-,26?,27?/m1/s1. The molecule has 4 heteroatoms. The summed E-state index contributed by atoms with van der Waals surface area (Å²) < 4.78 is 7.92. The number of carbonyl (C=O) groups is 1. The van der Waals surface area contributed by atoms with Crippen molar-refractivity contribution in [3.63, 3.8) is 0 Å². The fraction of sp³-hybridized carbons (Fsp3) is 0.852. The first kappa shape index (κ1) is 21.7. The Morgan fingerprint density at radius 2 is 2.00 bits per heavy atom. The highest BCUT2D eigenvalue weighted by atomic mass is 16.5. The van der Waals surface area contributed by atoms with Crippen LogP contribution in [0.3, 0.4) is 0 Å². The molecule has 1 aromatic rings. The van der Waals surface area contributed by atoms with Crippen LogP contribution in [0.25, 0.3) is 0 Å². The highest BCUT2D eigenvalue weighted by Gasteiger charge is 2.62. The number of Topliss-reactive ketones (excluding diaryl/α,β-unsaturated/α-hetero) is 1. The Kier molecular flexibility index (Phi) is 5.60. The molecular weight excluding hydrogens is 384 g/mol.